The van der Waals surface area contributed by atoms with Crippen LogP contribution in [-0.4, -0.2) is 45.3 Å². The van der Waals surface area contributed by atoms with Gasteiger partial charge in [-0.25, -0.2) is 0 Å². The molecule has 1 aromatic rings. The molecule has 0 atom stereocenters. The molecule has 1 aromatic heterocycles. The summed E-state index contributed by atoms with van der Waals surface area (Å²) < 4.78 is 10.5. The first-order valence-electron chi connectivity index (χ1n) is 6.01. The number of carbonyl (C=O) groups excluding carboxylic acids is 1. The second-order valence-electron chi connectivity index (χ2n) is 4.28. The summed E-state index contributed by atoms with van der Waals surface area (Å²) in [6, 6.07) is 3.49. The van der Waals surface area contributed by atoms with E-state index in [0.717, 1.165) is 38.6 Å². The molecule has 0 radical (unpaired) electrons. The van der Waals surface area contributed by atoms with Crippen molar-refractivity contribution in [2.24, 2.45) is 0 Å². The Kier molecular flexibility index (Phi) is 4.17. The van der Waals surface area contributed by atoms with Crippen LogP contribution in [0.15, 0.2) is 16.5 Å². The number of amides is 1. The number of rotatable bonds is 4. The zero-order valence-corrected chi connectivity index (χ0v) is 10.1. The van der Waals surface area contributed by atoms with Gasteiger partial charge in [0.2, 0.25) is 0 Å². The van der Waals surface area contributed by atoms with Crippen LogP contribution in [0.3, 0.4) is 0 Å². The number of morpholine rings is 1. The van der Waals surface area contributed by atoms with Crippen molar-refractivity contribution < 1.29 is 18.8 Å². The van der Waals surface area contributed by atoms with E-state index >= 15 is 0 Å². The molecule has 0 saturated carbocycles. The molecule has 1 amide bonds. The third kappa shape index (κ3) is 3.57. The van der Waals surface area contributed by atoms with Gasteiger partial charge in [-0.2, -0.15) is 0 Å². The standard InChI is InChI=1S/C12H18N2O3/c1-10-2-3-11(17-10)12(15)13-4-5-14-6-8-16-9-7-14/h2-3H,4-9H2,1H3,(H,13,15)/p+1. The monoisotopic (exact) mass is 239 g/mol. The molecule has 2 rings (SSSR count). The zero-order valence-electron chi connectivity index (χ0n) is 10.1. The summed E-state index contributed by atoms with van der Waals surface area (Å²) in [5, 5.41) is 2.87. The Labute approximate surface area is 101 Å². The van der Waals surface area contributed by atoms with Crippen LogP contribution in [0.4, 0.5) is 0 Å². The molecule has 0 unspecified atom stereocenters. The third-order valence-corrected chi connectivity index (χ3v) is 2.93. The quantitative estimate of drug-likeness (QED) is 0.725. The Morgan fingerprint density at radius 1 is 1.41 bits per heavy atom. The highest BCUT2D eigenvalue weighted by Gasteiger charge is 2.14. The molecule has 5 heteroatoms. The second kappa shape index (κ2) is 5.84. The van der Waals surface area contributed by atoms with Gasteiger partial charge in [0, 0.05) is 0 Å². The first kappa shape index (κ1) is 12.1. The summed E-state index contributed by atoms with van der Waals surface area (Å²) in [7, 11) is 0. The normalized spacial score (nSPS) is 17.0. The summed E-state index contributed by atoms with van der Waals surface area (Å²) in [5.41, 5.74) is 0. The van der Waals surface area contributed by atoms with Crippen LogP contribution >= 0.6 is 0 Å². The molecule has 94 valence electrons. The average Bonchev–Trinajstić information content (AvgIpc) is 2.77. The minimum Gasteiger partial charge on any atom is -0.456 e. The summed E-state index contributed by atoms with van der Waals surface area (Å²) in [6.07, 6.45) is 0. The zero-order chi connectivity index (χ0) is 12.1. The van der Waals surface area contributed by atoms with Crippen LogP contribution in [0, 0.1) is 6.92 Å². The van der Waals surface area contributed by atoms with Crippen molar-refractivity contribution >= 4 is 5.91 Å². The van der Waals surface area contributed by atoms with E-state index < -0.39 is 0 Å². The Bertz CT molecular complexity index is 370. The molecular formula is C12H19N2O3+. The maximum Gasteiger partial charge on any atom is 0.287 e. The van der Waals surface area contributed by atoms with Crippen LogP contribution in [0.25, 0.3) is 0 Å². The van der Waals surface area contributed by atoms with Gasteiger partial charge in [-0.3, -0.25) is 4.79 Å². The number of quaternary nitrogens is 1. The molecule has 1 fully saturated rings. The number of hydrogen-bond acceptors (Lipinski definition) is 3. The van der Waals surface area contributed by atoms with Gasteiger partial charge in [-0.05, 0) is 19.1 Å². The van der Waals surface area contributed by atoms with Gasteiger partial charge in [0.25, 0.3) is 5.91 Å². The second-order valence-corrected chi connectivity index (χ2v) is 4.28. The highest BCUT2D eigenvalue weighted by molar-refractivity contribution is 5.91. The Hall–Kier alpha value is -1.33. The van der Waals surface area contributed by atoms with Crippen molar-refractivity contribution in [3.8, 4) is 0 Å². The van der Waals surface area contributed by atoms with Gasteiger partial charge < -0.3 is 19.4 Å². The van der Waals surface area contributed by atoms with Gasteiger partial charge in [0.1, 0.15) is 18.8 Å². The highest BCUT2D eigenvalue weighted by atomic mass is 16.5. The van der Waals surface area contributed by atoms with Gasteiger partial charge in [-0.15, -0.1) is 0 Å². The SMILES string of the molecule is Cc1ccc(C(=O)NCC[NH+]2CCOCC2)o1. The van der Waals surface area contributed by atoms with E-state index in [1.54, 1.807) is 12.1 Å². The largest absolute Gasteiger partial charge is 0.456 e. The Morgan fingerprint density at radius 2 is 2.18 bits per heavy atom. The van der Waals surface area contributed by atoms with Crippen molar-refractivity contribution in [2.45, 2.75) is 6.92 Å². The molecular weight excluding hydrogens is 220 g/mol. The lowest BCUT2D eigenvalue weighted by atomic mass is 10.4. The van der Waals surface area contributed by atoms with Crippen molar-refractivity contribution in [1.82, 2.24) is 5.32 Å². The first-order valence-corrected chi connectivity index (χ1v) is 6.01. The number of furan rings is 1. The van der Waals surface area contributed by atoms with E-state index in [1.807, 2.05) is 6.92 Å². The molecule has 1 aliphatic heterocycles. The summed E-state index contributed by atoms with van der Waals surface area (Å²) in [5.74, 6) is 1.01. The fraction of sp³-hybridized carbons (Fsp3) is 0.583. The lowest BCUT2D eigenvalue weighted by Crippen LogP contribution is -3.14. The highest BCUT2D eigenvalue weighted by Crippen LogP contribution is 2.05. The van der Waals surface area contributed by atoms with E-state index in [1.165, 1.54) is 4.90 Å². The number of nitrogens with one attached hydrogen (secondary N) is 2. The first-order chi connectivity index (χ1) is 8.25. The van der Waals surface area contributed by atoms with Crippen LogP contribution in [0.2, 0.25) is 0 Å². The summed E-state index contributed by atoms with van der Waals surface area (Å²) in [6.45, 7) is 7.13. The minimum absolute atomic E-state index is 0.134. The smallest absolute Gasteiger partial charge is 0.287 e. The maximum atomic E-state index is 11.7. The van der Waals surface area contributed by atoms with E-state index in [9.17, 15) is 4.79 Å². The minimum atomic E-state index is -0.134. The van der Waals surface area contributed by atoms with Crippen molar-refractivity contribution in [3.05, 3.63) is 23.7 Å². The lowest BCUT2D eigenvalue weighted by Gasteiger charge is -2.23. The molecule has 0 aromatic carbocycles. The number of aryl methyl sites for hydroxylation is 1. The van der Waals surface area contributed by atoms with Gasteiger partial charge in [0.15, 0.2) is 5.76 Å². The van der Waals surface area contributed by atoms with Crippen molar-refractivity contribution in [1.29, 1.82) is 0 Å². The molecule has 2 heterocycles. The molecule has 1 saturated heterocycles. The van der Waals surface area contributed by atoms with Gasteiger partial charge >= 0.3 is 0 Å². The third-order valence-electron chi connectivity index (χ3n) is 2.93. The van der Waals surface area contributed by atoms with Crippen LogP contribution < -0.4 is 10.2 Å². The van der Waals surface area contributed by atoms with E-state index in [-0.39, 0.29) is 5.91 Å². The predicted octanol–water partition coefficient (Wildman–Crippen LogP) is -0.767. The van der Waals surface area contributed by atoms with Crippen molar-refractivity contribution in [3.63, 3.8) is 0 Å². The molecule has 0 aliphatic carbocycles. The average molecular weight is 239 g/mol. The van der Waals surface area contributed by atoms with Crippen molar-refractivity contribution in [2.75, 3.05) is 39.4 Å². The summed E-state index contributed by atoms with van der Waals surface area (Å²) >= 11 is 0. The van der Waals surface area contributed by atoms with Gasteiger partial charge in [-0.1, -0.05) is 0 Å². The van der Waals surface area contributed by atoms with Gasteiger partial charge in [0.05, 0.1) is 26.3 Å². The number of ether oxygens (including phenoxy) is 1. The van der Waals surface area contributed by atoms with E-state index in [0.29, 0.717) is 12.3 Å². The van der Waals surface area contributed by atoms with Crippen LogP contribution in [0.1, 0.15) is 16.3 Å². The van der Waals surface area contributed by atoms with E-state index in [2.05, 4.69) is 5.32 Å². The maximum absolute atomic E-state index is 11.7. The predicted molar refractivity (Wildman–Crippen MR) is 62.2 cm³/mol. The lowest BCUT2D eigenvalue weighted by molar-refractivity contribution is -0.906. The molecule has 2 N–H and O–H groups in total. The molecule has 5 nitrogen and oxygen atoms in total. The Balaban J connectivity index is 1.69. The van der Waals surface area contributed by atoms with Crippen LogP contribution in [0.5, 0.6) is 0 Å². The molecule has 0 bridgehead atoms. The Morgan fingerprint density at radius 3 is 2.82 bits per heavy atom. The number of carbonyl (C=O) groups is 1. The molecule has 1 aliphatic rings. The summed E-state index contributed by atoms with van der Waals surface area (Å²) in [4.78, 5) is 13.1. The molecule has 0 spiro atoms. The topological polar surface area (TPSA) is 55.9 Å². The fourth-order valence-electron chi connectivity index (χ4n) is 1.91. The fourth-order valence-corrected chi connectivity index (χ4v) is 1.91. The van der Waals surface area contributed by atoms with E-state index in [4.69, 9.17) is 9.15 Å². The van der Waals surface area contributed by atoms with Crippen LogP contribution in [-0.2, 0) is 4.74 Å². The molecule has 17 heavy (non-hydrogen) atoms. The number of hydrogen-bond donors (Lipinski definition) is 2.